The minimum atomic E-state index is -0.0393. The van der Waals surface area contributed by atoms with Gasteiger partial charge in [-0.15, -0.1) is 0 Å². The van der Waals surface area contributed by atoms with Gasteiger partial charge in [-0.25, -0.2) is 19.6 Å². The summed E-state index contributed by atoms with van der Waals surface area (Å²) >= 11 is 0. The first-order chi connectivity index (χ1) is 13.7. The summed E-state index contributed by atoms with van der Waals surface area (Å²) in [6, 6.07) is 7.41. The molecule has 1 atom stereocenters. The molecule has 0 bridgehead atoms. The fourth-order valence-electron chi connectivity index (χ4n) is 3.76. The summed E-state index contributed by atoms with van der Waals surface area (Å²) in [4.78, 5) is 32.8. The maximum Gasteiger partial charge on any atom is 0.261 e. The number of hydrogen-bond acceptors (Lipinski definition) is 7. The fourth-order valence-corrected chi connectivity index (χ4v) is 3.76. The predicted molar refractivity (Wildman–Crippen MR) is 103 cm³/mol. The van der Waals surface area contributed by atoms with E-state index in [0.29, 0.717) is 11.2 Å². The van der Waals surface area contributed by atoms with Gasteiger partial charge >= 0.3 is 0 Å². The molecule has 9 nitrogen and oxygen atoms in total. The topological polar surface area (TPSA) is 94.6 Å². The molecule has 1 fully saturated rings. The second-order valence-electron chi connectivity index (χ2n) is 6.78. The average Bonchev–Trinajstić information content (AvgIpc) is 3.43. The van der Waals surface area contributed by atoms with Gasteiger partial charge in [-0.2, -0.15) is 5.10 Å². The van der Waals surface area contributed by atoms with Crippen LogP contribution in [-0.2, 0) is 7.05 Å². The third-order valence-corrected chi connectivity index (χ3v) is 5.13. The molecule has 1 saturated heterocycles. The van der Waals surface area contributed by atoms with Crippen molar-refractivity contribution >= 4 is 16.7 Å². The Bertz CT molecular complexity index is 1200. The Balaban J connectivity index is 1.59. The number of aromatic nitrogens is 7. The second kappa shape index (κ2) is 6.52. The van der Waals surface area contributed by atoms with E-state index in [9.17, 15) is 4.79 Å². The molecule has 1 aromatic carbocycles. The summed E-state index contributed by atoms with van der Waals surface area (Å²) < 4.78 is 3.23. The van der Waals surface area contributed by atoms with Crippen molar-refractivity contribution in [1.82, 2.24) is 34.3 Å². The highest BCUT2D eigenvalue weighted by atomic mass is 16.1. The molecule has 140 valence electrons. The van der Waals surface area contributed by atoms with Crippen LogP contribution in [0.2, 0.25) is 0 Å². The standard InChI is InChI=1S/C19H18N8O/c1-25-18(23-14-6-3-2-5-13(14)19(25)28)15-7-4-8-26(15)16-9-20-10-17(24-16)27-12-21-11-22-27/h2-3,5-6,9-12,15H,4,7-8H2,1H3. The number of nitrogens with zero attached hydrogens (tertiary/aromatic N) is 8. The molecule has 0 N–H and O–H groups in total. The van der Waals surface area contributed by atoms with Crippen molar-refractivity contribution in [3.05, 3.63) is 65.5 Å². The molecule has 3 aromatic heterocycles. The van der Waals surface area contributed by atoms with Gasteiger partial charge in [-0.3, -0.25) is 14.3 Å². The van der Waals surface area contributed by atoms with Crippen LogP contribution < -0.4 is 10.5 Å². The molecule has 1 unspecified atom stereocenters. The molecule has 1 aliphatic heterocycles. The van der Waals surface area contributed by atoms with E-state index in [-0.39, 0.29) is 11.6 Å². The lowest BCUT2D eigenvalue weighted by Crippen LogP contribution is -2.31. The van der Waals surface area contributed by atoms with Crippen molar-refractivity contribution in [2.75, 3.05) is 11.4 Å². The lowest BCUT2D eigenvalue weighted by Gasteiger charge is -2.26. The summed E-state index contributed by atoms with van der Waals surface area (Å²) in [7, 11) is 1.78. The summed E-state index contributed by atoms with van der Waals surface area (Å²) in [5.41, 5.74) is 0.685. The van der Waals surface area contributed by atoms with Crippen LogP contribution in [0.25, 0.3) is 16.7 Å². The van der Waals surface area contributed by atoms with Crippen molar-refractivity contribution in [3.8, 4) is 5.82 Å². The maximum atomic E-state index is 12.8. The number of rotatable bonds is 3. The van der Waals surface area contributed by atoms with E-state index in [2.05, 4.69) is 20.0 Å². The summed E-state index contributed by atoms with van der Waals surface area (Å²) in [5.74, 6) is 2.08. The van der Waals surface area contributed by atoms with Crippen molar-refractivity contribution in [3.63, 3.8) is 0 Å². The van der Waals surface area contributed by atoms with Crippen LogP contribution in [-0.4, -0.2) is 40.8 Å². The van der Waals surface area contributed by atoms with Gasteiger partial charge in [0.05, 0.1) is 29.3 Å². The molecule has 0 aliphatic carbocycles. The third-order valence-electron chi connectivity index (χ3n) is 5.13. The summed E-state index contributed by atoms with van der Waals surface area (Å²) in [5, 5.41) is 4.75. The molecule has 9 heteroatoms. The molecular formula is C19H18N8O. The van der Waals surface area contributed by atoms with Gasteiger partial charge in [0.2, 0.25) is 0 Å². The zero-order valence-corrected chi connectivity index (χ0v) is 15.3. The molecule has 0 saturated carbocycles. The lowest BCUT2D eigenvalue weighted by molar-refractivity contribution is 0.606. The van der Waals surface area contributed by atoms with E-state index < -0.39 is 0 Å². The number of anilines is 1. The van der Waals surface area contributed by atoms with E-state index >= 15 is 0 Å². The first kappa shape index (κ1) is 16.5. The van der Waals surface area contributed by atoms with Gasteiger partial charge < -0.3 is 4.90 Å². The van der Waals surface area contributed by atoms with E-state index in [4.69, 9.17) is 9.97 Å². The van der Waals surface area contributed by atoms with Gasteiger partial charge in [-0.05, 0) is 25.0 Å². The highest BCUT2D eigenvalue weighted by molar-refractivity contribution is 5.77. The Labute approximate surface area is 160 Å². The quantitative estimate of drug-likeness (QED) is 0.538. The molecule has 4 heterocycles. The summed E-state index contributed by atoms with van der Waals surface area (Å²) in [6.45, 7) is 0.822. The number of fused-ring (bicyclic) bond motifs is 1. The Morgan fingerprint density at radius 1 is 1.07 bits per heavy atom. The number of hydrogen-bond donors (Lipinski definition) is 0. The summed E-state index contributed by atoms with van der Waals surface area (Å²) in [6.07, 6.45) is 8.31. The second-order valence-corrected chi connectivity index (χ2v) is 6.78. The Morgan fingerprint density at radius 3 is 2.79 bits per heavy atom. The van der Waals surface area contributed by atoms with Crippen LogP contribution in [0, 0.1) is 0 Å². The van der Waals surface area contributed by atoms with Gasteiger partial charge in [0.1, 0.15) is 24.3 Å². The molecule has 28 heavy (non-hydrogen) atoms. The Morgan fingerprint density at radius 2 is 1.93 bits per heavy atom. The van der Waals surface area contributed by atoms with E-state index in [1.165, 1.54) is 6.33 Å². The first-order valence-corrected chi connectivity index (χ1v) is 9.12. The minimum Gasteiger partial charge on any atom is -0.345 e. The zero-order chi connectivity index (χ0) is 19.1. The highest BCUT2D eigenvalue weighted by Gasteiger charge is 2.31. The molecule has 4 aromatic rings. The molecule has 0 radical (unpaired) electrons. The van der Waals surface area contributed by atoms with Crippen LogP contribution in [0.5, 0.6) is 0 Å². The van der Waals surface area contributed by atoms with Gasteiger partial charge in [0.25, 0.3) is 5.56 Å². The van der Waals surface area contributed by atoms with Gasteiger partial charge in [-0.1, -0.05) is 12.1 Å². The average molecular weight is 374 g/mol. The highest BCUT2D eigenvalue weighted by Crippen LogP contribution is 2.34. The first-order valence-electron chi connectivity index (χ1n) is 9.12. The number of benzene rings is 1. The Kier molecular flexibility index (Phi) is 3.85. The van der Waals surface area contributed by atoms with E-state index in [1.807, 2.05) is 24.3 Å². The number of para-hydroxylation sites is 1. The SMILES string of the molecule is Cn1c(C2CCCN2c2cncc(-n3cncn3)n2)nc2ccccc2c1=O. The Hall–Kier alpha value is -3.62. The van der Waals surface area contributed by atoms with Crippen LogP contribution in [0.4, 0.5) is 5.82 Å². The predicted octanol–water partition coefficient (Wildman–Crippen LogP) is 1.65. The van der Waals surface area contributed by atoms with Crippen molar-refractivity contribution in [2.45, 2.75) is 18.9 Å². The van der Waals surface area contributed by atoms with E-state index in [1.54, 1.807) is 35.0 Å². The van der Waals surface area contributed by atoms with Crippen molar-refractivity contribution in [1.29, 1.82) is 0 Å². The van der Waals surface area contributed by atoms with Crippen molar-refractivity contribution in [2.24, 2.45) is 7.05 Å². The zero-order valence-electron chi connectivity index (χ0n) is 15.3. The fraction of sp³-hybridized carbons (Fsp3) is 0.263. The lowest BCUT2D eigenvalue weighted by atomic mass is 10.1. The molecule has 5 rings (SSSR count). The third kappa shape index (κ3) is 2.63. The van der Waals surface area contributed by atoms with Gasteiger partial charge in [0.15, 0.2) is 5.82 Å². The smallest absolute Gasteiger partial charge is 0.261 e. The monoisotopic (exact) mass is 374 g/mol. The van der Waals surface area contributed by atoms with E-state index in [0.717, 1.165) is 36.5 Å². The minimum absolute atomic E-state index is 0.0325. The van der Waals surface area contributed by atoms with Gasteiger partial charge in [0, 0.05) is 13.6 Å². The van der Waals surface area contributed by atoms with Crippen LogP contribution in [0.1, 0.15) is 24.7 Å². The molecular weight excluding hydrogens is 356 g/mol. The molecule has 0 spiro atoms. The maximum absolute atomic E-state index is 12.8. The van der Waals surface area contributed by atoms with Crippen LogP contribution in [0.15, 0.2) is 54.1 Å². The largest absolute Gasteiger partial charge is 0.345 e. The van der Waals surface area contributed by atoms with Crippen LogP contribution >= 0.6 is 0 Å². The normalized spacial score (nSPS) is 16.8. The van der Waals surface area contributed by atoms with Crippen LogP contribution in [0.3, 0.4) is 0 Å². The molecule has 1 aliphatic rings. The molecule has 0 amide bonds. The van der Waals surface area contributed by atoms with Crippen molar-refractivity contribution < 1.29 is 0 Å².